The van der Waals surface area contributed by atoms with Crippen LogP contribution in [0.4, 0.5) is 4.39 Å². The Balaban J connectivity index is 1.21. The fourth-order valence-corrected chi connectivity index (χ4v) is 4.36. The van der Waals surface area contributed by atoms with Gasteiger partial charge in [-0.05, 0) is 61.9 Å². The van der Waals surface area contributed by atoms with Crippen molar-refractivity contribution < 1.29 is 4.39 Å². The summed E-state index contributed by atoms with van der Waals surface area (Å²) < 4.78 is 14.8. The molecule has 28 heavy (non-hydrogen) atoms. The molecule has 3 heterocycles. The Kier molecular flexibility index (Phi) is 4.52. The topological polar surface area (TPSA) is 70.9 Å². The third-order valence-corrected chi connectivity index (χ3v) is 5.91. The average molecular weight is 378 g/mol. The van der Waals surface area contributed by atoms with Gasteiger partial charge in [-0.1, -0.05) is 17.3 Å². The van der Waals surface area contributed by atoms with Crippen LogP contribution in [0.5, 0.6) is 0 Å². The second-order valence-corrected chi connectivity index (χ2v) is 7.73. The Morgan fingerprint density at radius 3 is 2.75 bits per heavy atom. The predicted molar refractivity (Wildman–Crippen MR) is 105 cm³/mol. The number of hydrogen-bond acceptors (Lipinski definition) is 4. The Morgan fingerprint density at radius 2 is 1.93 bits per heavy atom. The van der Waals surface area contributed by atoms with Gasteiger partial charge in [-0.2, -0.15) is 0 Å². The molecule has 4 aromatic rings. The van der Waals surface area contributed by atoms with Gasteiger partial charge in [0.2, 0.25) is 0 Å². The minimum atomic E-state index is -0.184. The SMILES string of the molecule is Fc1ccc(CNCC2CCC(c3nnn4cnc5[nH]ccc5c34)CC2)cc1. The fourth-order valence-electron chi connectivity index (χ4n) is 4.36. The first-order chi connectivity index (χ1) is 13.8. The van der Waals surface area contributed by atoms with Gasteiger partial charge in [-0.15, -0.1) is 5.10 Å². The molecule has 144 valence electrons. The average Bonchev–Trinajstić information content (AvgIpc) is 3.36. The molecule has 5 rings (SSSR count). The summed E-state index contributed by atoms with van der Waals surface area (Å²) in [5.74, 6) is 0.940. The lowest BCUT2D eigenvalue weighted by atomic mass is 9.80. The van der Waals surface area contributed by atoms with Gasteiger partial charge < -0.3 is 10.3 Å². The Labute approximate surface area is 162 Å². The van der Waals surface area contributed by atoms with Crippen LogP contribution in [0.3, 0.4) is 0 Å². The highest BCUT2D eigenvalue weighted by Crippen LogP contribution is 2.37. The summed E-state index contributed by atoms with van der Waals surface area (Å²) in [6, 6.07) is 8.76. The molecule has 0 saturated heterocycles. The molecule has 7 heteroatoms. The molecule has 3 aromatic heterocycles. The summed E-state index contributed by atoms with van der Waals surface area (Å²) in [7, 11) is 0. The number of nitrogens with zero attached hydrogens (tertiary/aromatic N) is 4. The molecule has 2 N–H and O–H groups in total. The molecule has 1 aliphatic rings. The molecule has 0 atom stereocenters. The van der Waals surface area contributed by atoms with Crippen LogP contribution in [0.25, 0.3) is 16.6 Å². The Morgan fingerprint density at radius 1 is 1.11 bits per heavy atom. The van der Waals surface area contributed by atoms with E-state index in [1.807, 2.05) is 18.3 Å². The predicted octanol–water partition coefficient (Wildman–Crippen LogP) is 3.81. The fraction of sp³-hybridized carbons (Fsp3) is 0.381. The molecule has 0 aliphatic heterocycles. The van der Waals surface area contributed by atoms with Crippen molar-refractivity contribution in [3.63, 3.8) is 0 Å². The molecule has 1 fully saturated rings. The van der Waals surface area contributed by atoms with E-state index in [9.17, 15) is 4.39 Å². The van der Waals surface area contributed by atoms with Crippen molar-refractivity contribution in [2.45, 2.75) is 38.1 Å². The lowest BCUT2D eigenvalue weighted by molar-refractivity contribution is 0.311. The second-order valence-electron chi connectivity index (χ2n) is 7.73. The summed E-state index contributed by atoms with van der Waals surface area (Å²) in [5, 5.41) is 13.4. The maximum absolute atomic E-state index is 13.0. The number of rotatable bonds is 5. The van der Waals surface area contributed by atoms with Crippen LogP contribution in [-0.2, 0) is 6.54 Å². The van der Waals surface area contributed by atoms with Crippen molar-refractivity contribution in [3.8, 4) is 0 Å². The maximum atomic E-state index is 13.0. The molecule has 1 aliphatic carbocycles. The van der Waals surface area contributed by atoms with Gasteiger partial charge >= 0.3 is 0 Å². The van der Waals surface area contributed by atoms with Crippen molar-refractivity contribution >= 4 is 16.6 Å². The molecule has 0 bridgehead atoms. The van der Waals surface area contributed by atoms with Crippen LogP contribution in [0.1, 0.15) is 42.9 Å². The van der Waals surface area contributed by atoms with Gasteiger partial charge in [-0.25, -0.2) is 13.9 Å². The number of hydrogen-bond donors (Lipinski definition) is 2. The maximum Gasteiger partial charge on any atom is 0.141 e. The highest BCUT2D eigenvalue weighted by Gasteiger charge is 2.26. The van der Waals surface area contributed by atoms with Gasteiger partial charge in [0.25, 0.3) is 0 Å². The van der Waals surface area contributed by atoms with E-state index in [0.29, 0.717) is 11.8 Å². The zero-order chi connectivity index (χ0) is 18.9. The number of aromatic nitrogens is 5. The quantitative estimate of drug-likeness (QED) is 0.554. The number of aromatic amines is 1. The summed E-state index contributed by atoms with van der Waals surface area (Å²) in [6.45, 7) is 1.78. The highest BCUT2D eigenvalue weighted by molar-refractivity contribution is 5.92. The van der Waals surface area contributed by atoms with E-state index in [2.05, 4.69) is 31.7 Å². The van der Waals surface area contributed by atoms with E-state index in [-0.39, 0.29) is 5.82 Å². The van der Waals surface area contributed by atoms with E-state index in [0.717, 1.165) is 53.7 Å². The van der Waals surface area contributed by atoms with Gasteiger partial charge in [-0.3, -0.25) is 0 Å². The van der Waals surface area contributed by atoms with E-state index >= 15 is 0 Å². The first kappa shape index (κ1) is 17.3. The van der Waals surface area contributed by atoms with Crippen molar-refractivity contribution in [1.29, 1.82) is 0 Å². The molecule has 0 unspecified atom stereocenters. The third-order valence-electron chi connectivity index (χ3n) is 5.91. The van der Waals surface area contributed by atoms with E-state index < -0.39 is 0 Å². The summed E-state index contributed by atoms with van der Waals surface area (Å²) >= 11 is 0. The van der Waals surface area contributed by atoms with Gasteiger partial charge in [0.15, 0.2) is 0 Å². The van der Waals surface area contributed by atoms with Crippen molar-refractivity contribution in [3.05, 3.63) is 59.9 Å². The minimum absolute atomic E-state index is 0.184. The third kappa shape index (κ3) is 3.26. The van der Waals surface area contributed by atoms with Crippen molar-refractivity contribution in [2.24, 2.45) is 5.92 Å². The minimum Gasteiger partial charge on any atom is -0.346 e. The van der Waals surface area contributed by atoms with Gasteiger partial charge in [0.05, 0.1) is 5.69 Å². The van der Waals surface area contributed by atoms with E-state index in [1.165, 1.54) is 25.0 Å². The molecular formula is C21H23FN6. The first-order valence-corrected chi connectivity index (χ1v) is 9.90. The standard InChI is InChI=1S/C21H23FN6/c22-17-7-3-15(4-8-17)12-23-11-14-1-5-16(6-2-14)19-20-18-9-10-24-21(18)25-13-28(20)27-26-19/h3-4,7-10,13-14,16,23-24H,1-2,5-6,11-12H2. The molecule has 0 spiro atoms. The van der Waals surface area contributed by atoms with Crippen LogP contribution in [-0.4, -0.2) is 31.3 Å². The zero-order valence-electron chi connectivity index (χ0n) is 15.6. The Hall–Kier alpha value is -2.80. The molecule has 1 saturated carbocycles. The normalized spacial score (nSPS) is 20.2. The monoisotopic (exact) mass is 378 g/mol. The molecular weight excluding hydrogens is 355 g/mol. The zero-order valence-corrected chi connectivity index (χ0v) is 15.6. The van der Waals surface area contributed by atoms with Crippen molar-refractivity contribution in [2.75, 3.05) is 6.54 Å². The lowest BCUT2D eigenvalue weighted by Crippen LogP contribution is -2.26. The van der Waals surface area contributed by atoms with Crippen LogP contribution in [0.2, 0.25) is 0 Å². The van der Waals surface area contributed by atoms with Gasteiger partial charge in [0.1, 0.15) is 23.3 Å². The molecule has 6 nitrogen and oxygen atoms in total. The first-order valence-electron chi connectivity index (χ1n) is 9.90. The number of benzene rings is 1. The molecule has 0 amide bonds. The number of halogens is 1. The summed E-state index contributed by atoms with van der Waals surface area (Å²) in [6.07, 6.45) is 8.27. The number of fused-ring (bicyclic) bond motifs is 3. The summed E-state index contributed by atoms with van der Waals surface area (Å²) in [4.78, 5) is 7.55. The van der Waals surface area contributed by atoms with Crippen LogP contribution >= 0.6 is 0 Å². The second kappa shape index (κ2) is 7.31. The largest absolute Gasteiger partial charge is 0.346 e. The Bertz CT molecular complexity index is 1080. The molecule has 1 aromatic carbocycles. The van der Waals surface area contributed by atoms with Crippen LogP contribution in [0.15, 0.2) is 42.9 Å². The van der Waals surface area contributed by atoms with Crippen LogP contribution in [0, 0.1) is 11.7 Å². The highest BCUT2D eigenvalue weighted by atomic mass is 19.1. The van der Waals surface area contributed by atoms with Crippen molar-refractivity contribution in [1.82, 2.24) is 30.1 Å². The van der Waals surface area contributed by atoms with E-state index in [1.54, 1.807) is 10.8 Å². The van der Waals surface area contributed by atoms with E-state index in [4.69, 9.17) is 0 Å². The smallest absolute Gasteiger partial charge is 0.141 e. The lowest BCUT2D eigenvalue weighted by Gasteiger charge is -2.27. The van der Waals surface area contributed by atoms with Gasteiger partial charge in [0, 0.05) is 24.0 Å². The van der Waals surface area contributed by atoms with Crippen LogP contribution < -0.4 is 5.32 Å². The molecule has 0 radical (unpaired) electrons. The summed E-state index contributed by atoms with van der Waals surface area (Å²) in [5.41, 5.74) is 4.19. The number of nitrogens with one attached hydrogen (secondary N) is 2. The number of H-pyrrole nitrogens is 1.